The summed E-state index contributed by atoms with van der Waals surface area (Å²) in [7, 11) is 12.5. The Kier molecular flexibility index (Phi) is 12.4. The van der Waals surface area contributed by atoms with Crippen molar-refractivity contribution < 1.29 is 14.6 Å². The Balaban J connectivity index is 0.000000164. The van der Waals surface area contributed by atoms with E-state index in [2.05, 4.69) is 122 Å². The summed E-state index contributed by atoms with van der Waals surface area (Å²) >= 11 is 0. The van der Waals surface area contributed by atoms with Gasteiger partial charge in [0, 0.05) is 68.5 Å². The normalized spacial score (nSPS) is 24.5. The Labute approximate surface area is 335 Å². The van der Waals surface area contributed by atoms with Crippen molar-refractivity contribution in [2.75, 3.05) is 65.2 Å². The van der Waals surface area contributed by atoms with Gasteiger partial charge in [0.15, 0.2) is 0 Å². The summed E-state index contributed by atoms with van der Waals surface area (Å²) in [5.74, 6) is 1.00. The zero-order valence-corrected chi connectivity index (χ0v) is 35.3. The van der Waals surface area contributed by atoms with Gasteiger partial charge in [0.2, 0.25) is 0 Å². The molecule has 0 radical (unpaired) electrons. The highest BCUT2D eigenvalue weighted by Crippen LogP contribution is 2.53. The minimum absolute atomic E-state index is 0.0517. The fraction of sp³-hybridized carbons (Fsp3) is 0.468. The van der Waals surface area contributed by atoms with Gasteiger partial charge in [-0.3, -0.25) is 9.80 Å². The van der Waals surface area contributed by atoms with E-state index in [4.69, 9.17) is 4.74 Å². The Bertz CT molecular complexity index is 1940. The van der Waals surface area contributed by atoms with E-state index in [1.54, 1.807) is 18.0 Å². The summed E-state index contributed by atoms with van der Waals surface area (Å²) in [4.78, 5) is 23.9. The molecule has 4 aromatic rings. The molecule has 4 aliphatic rings. The zero-order chi connectivity index (χ0) is 40.4. The maximum atomic E-state index is 12.8. The number of benzene rings is 4. The molecule has 300 valence electrons. The molecular formula is C47H64N6O3. The number of amides is 1. The third kappa shape index (κ3) is 8.13. The fourth-order valence-electron chi connectivity index (χ4n) is 9.70. The molecule has 4 aromatic carbocycles. The summed E-state index contributed by atoms with van der Waals surface area (Å²) in [5.41, 5.74) is 7.90. The van der Waals surface area contributed by atoms with Gasteiger partial charge in [-0.2, -0.15) is 0 Å². The summed E-state index contributed by atoms with van der Waals surface area (Å²) in [5, 5.41) is 12.9. The van der Waals surface area contributed by atoms with Crippen LogP contribution in [0, 0.1) is 0 Å². The van der Waals surface area contributed by atoms with Crippen LogP contribution < -0.4 is 19.9 Å². The average Bonchev–Trinajstić information content (AvgIpc) is 3.82. The van der Waals surface area contributed by atoms with Gasteiger partial charge in [-0.15, -0.1) is 0 Å². The van der Waals surface area contributed by atoms with Crippen LogP contribution >= 0.6 is 0 Å². The second-order valence-electron chi connectivity index (χ2n) is 17.0. The maximum absolute atomic E-state index is 12.8. The van der Waals surface area contributed by atoms with E-state index in [0.29, 0.717) is 29.9 Å². The van der Waals surface area contributed by atoms with Gasteiger partial charge in [-0.25, -0.2) is 4.79 Å². The summed E-state index contributed by atoms with van der Waals surface area (Å²) in [6, 6.07) is 33.2. The highest BCUT2D eigenvalue weighted by atomic mass is 16.6. The number of nitrogens with zero attached hydrogens (tertiary/aromatic N) is 5. The first-order chi connectivity index (χ1) is 26.7. The lowest BCUT2D eigenvalue weighted by atomic mass is 9.81. The summed E-state index contributed by atoms with van der Waals surface area (Å²) < 4.78 is 5.77. The molecule has 0 aromatic heterocycles. The molecule has 4 aliphatic heterocycles. The smallest absolute Gasteiger partial charge is 0.415 e. The molecule has 9 nitrogen and oxygen atoms in total. The monoisotopic (exact) mass is 761 g/mol. The third-order valence-electron chi connectivity index (χ3n) is 13.0. The molecule has 4 heterocycles. The van der Waals surface area contributed by atoms with E-state index in [9.17, 15) is 9.90 Å². The van der Waals surface area contributed by atoms with E-state index < -0.39 is 0 Å². The van der Waals surface area contributed by atoms with E-state index >= 15 is 0 Å². The van der Waals surface area contributed by atoms with E-state index in [0.717, 1.165) is 38.8 Å². The van der Waals surface area contributed by atoms with Gasteiger partial charge in [0.05, 0.1) is 12.3 Å². The van der Waals surface area contributed by atoms with Crippen LogP contribution in [0.2, 0.25) is 0 Å². The predicted molar refractivity (Wildman–Crippen MR) is 230 cm³/mol. The van der Waals surface area contributed by atoms with Gasteiger partial charge in [0.25, 0.3) is 0 Å². The van der Waals surface area contributed by atoms with Crippen molar-refractivity contribution in [2.45, 2.75) is 88.6 Å². The van der Waals surface area contributed by atoms with Crippen LogP contribution in [0.15, 0.2) is 97.1 Å². The molecule has 9 heteroatoms. The molecule has 0 saturated carbocycles. The number of aromatic hydroxyl groups is 1. The van der Waals surface area contributed by atoms with E-state index in [1.807, 2.05) is 56.4 Å². The van der Waals surface area contributed by atoms with Crippen molar-refractivity contribution in [2.24, 2.45) is 0 Å². The van der Waals surface area contributed by atoms with Gasteiger partial charge < -0.3 is 29.9 Å². The largest absolute Gasteiger partial charge is 0.508 e. The highest BCUT2D eigenvalue weighted by molar-refractivity contribution is 5.73. The van der Waals surface area contributed by atoms with Crippen LogP contribution in [0.25, 0.3) is 0 Å². The number of fused-ring (bicyclic) bond motifs is 6. The molecule has 0 spiro atoms. The molecule has 2 fully saturated rings. The molecule has 1 amide bonds. The zero-order valence-electron chi connectivity index (χ0n) is 35.3. The fourth-order valence-corrected chi connectivity index (χ4v) is 9.70. The molecule has 2 N–H and O–H groups in total. The number of ether oxygens (including phenoxy) is 1. The third-order valence-corrected chi connectivity index (χ3v) is 13.0. The number of hydrogen-bond donors (Lipinski definition) is 2. The molecule has 8 rings (SSSR count). The minimum atomic E-state index is -0.315. The lowest BCUT2D eigenvalue weighted by Gasteiger charge is -2.32. The number of carbonyl (C=O) groups is 1. The molecule has 6 atom stereocenters. The highest BCUT2D eigenvalue weighted by Gasteiger charge is 2.53. The van der Waals surface area contributed by atoms with Crippen molar-refractivity contribution >= 4 is 17.5 Å². The van der Waals surface area contributed by atoms with Crippen LogP contribution in [0.5, 0.6) is 11.5 Å². The van der Waals surface area contributed by atoms with Gasteiger partial charge in [-0.1, -0.05) is 74.5 Å². The van der Waals surface area contributed by atoms with Crippen molar-refractivity contribution in [3.05, 3.63) is 119 Å². The number of anilines is 2. The van der Waals surface area contributed by atoms with Crippen molar-refractivity contribution in [1.82, 2.24) is 20.0 Å². The number of nitrogens with one attached hydrogen (secondary N) is 1. The van der Waals surface area contributed by atoms with Crippen molar-refractivity contribution in [3.8, 4) is 11.5 Å². The maximum Gasteiger partial charge on any atom is 0.415 e. The number of phenolic OH excluding ortho intramolecular Hbond substituents is 1. The summed E-state index contributed by atoms with van der Waals surface area (Å²) in [6.45, 7) is 11.1. The van der Waals surface area contributed by atoms with Crippen LogP contribution in [0.3, 0.4) is 0 Å². The van der Waals surface area contributed by atoms with Crippen molar-refractivity contribution in [3.63, 3.8) is 0 Å². The molecule has 56 heavy (non-hydrogen) atoms. The van der Waals surface area contributed by atoms with E-state index in [1.165, 1.54) is 33.6 Å². The van der Waals surface area contributed by atoms with Gasteiger partial charge in [0.1, 0.15) is 11.5 Å². The quantitative estimate of drug-likeness (QED) is 0.199. The number of likely N-dealkylation sites (N-methyl/N-ethyl adjacent to an activating group) is 6. The first-order valence-electron chi connectivity index (χ1n) is 20.2. The predicted octanol–water partition coefficient (Wildman–Crippen LogP) is 7.72. The average molecular weight is 761 g/mol. The molecular weight excluding hydrogens is 697 g/mol. The Morgan fingerprint density at radius 3 is 1.77 bits per heavy atom. The summed E-state index contributed by atoms with van der Waals surface area (Å²) in [6.07, 6.45) is 4.66. The Morgan fingerprint density at radius 1 is 0.768 bits per heavy atom. The van der Waals surface area contributed by atoms with Gasteiger partial charge >= 0.3 is 6.09 Å². The molecule has 0 unspecified atom stereocenters. The first-order valence-corrected chi connectivity index (χ1v) is 20.2. The number of rotatable bonds is 7. The Morgan fingerprint density at radius 2 is 1.25 bits per heavy atom. The molecule has 0 aliphatic carbocycles. The van der Waals surface area contributed by atoms with Crippen molar-refractivity contribution in [1.29, 1.82) is 0 Å². The Hall–Kier alpha value is -4.57. The number of carbonyl (C=O) groups excluding carboxylic acids is 1. The molecule has 2 saturated heterocycles. The lowest BCUT2D eigenvalue weighted by Crippen LogP contribution is -2.45. The second kappa shape index (κ2) is 16.9. The number of hydrogen-bond acceptors (Lipinski definition) is 8. The number of likely N-dealkylation sites (tertiary alicyclic amines) is 2. The van der Waals surface area contributed by atoms with E-state index in [-0.39, 0.29) is 23.0 Å². The second-order valence-corrected chi connectivity index (χ2v) is 17.0. The van der Waals surface area contributed by atoms with Crippen LogP contribution in [-0.2, 0) is 23.7 Å². The topological polar surface area (TPSA) is 74.8 Å². The van der Waals surface area contributed by atoms with Crippen LogP contribution in [-0.4, -0.2) is 106 Å². The standard InChI is InChI=1S/C24H31N3O2.C13H18N2O.C10H15N/c1-17(15-18-9-7-6-8-10-18)26(4)23(28)29-19-11-12-21-20(16-19)24(2)13-14-25(3)22(24)27(21)5;1-13-6-7-14(2)12(13)15(3)11-5-4-9(16)8-10(11)13;1-9(11-2)8-10-6-4-3-5-7-10/h6-12,16-17,22H,13-15H2,1-5H3;4-5,8,12,16H,6-7H2,1-3H3;3-7,9,11H,8H2,1-2H3/t17-,22-,24+;12-,13+;9-/m111/s1. The first kappa shape index (κ1) is 41.1. The van der Waals surface area contributed by atoms with Gasteiger partial charge in [-0.05, 0) is 119 Å². The lowest BCUT2D eigenvalue weighted by molar-refractivity contribution is 0.148. The van der Waals surface area contributed by atoms with Crippen LogP contribution in [0.1, 0.15) is 62.8 Å². The molecule has 0 bridgehead atoms. The van der Waals surface area contributed by atoms with Crippen LogP contribution in [0.4, 0.5) is 16.2 Å². The SMILES string of the molecule is CN1CC[C@@]2(C)c3cc(O)ccc3N(C)[C@@H]12.CN[C@H](C)Cc1ccccc1.C[C@H](Cc1ccccc1)N(C)C(=O)Oc1ccc2c(c1)[C@]1(C)CCN(C)[C@@H]1N2C. The minimum Gasteiger partial charge on any atom is -0.508 e. The number of phenols is 1.